The number of nitrogens with one attached hydrogen (secondary N) is 1. The fraction of sp³-hybridized carbons (Fsp3) is 0.316. The lowest BCUT2D eigenvalue weighted by Crippen LogP contribution is -2.35. The van der Waals surface area contributed by atoms with Crippen LogP contribution < -0.4 is 5.32 Å². The number of amidine groups is 1. The molecule has 0 spiro atoms. The summed E-state index contributed by atoms with van der Waals surface area (Å²) in [6, 6.07) is 11.5. The number of hydrogen-bond acceptors (Lipinski definition) is 5. The molecule has 148 valence electrons. The molecule has 1 saturated heterocycles. The van der Waals surface area contributed by atoms with E-state index in [0.29, 0.717) is 24.3 Å². The van der Waals surface area contributed by atoms with Gasteiger partial charge in [-0.25, -0.2) is 8.42 Å². The number of benzene rings is 2. The van der Waals surface area contributed by atoms with Crippen LogP contribution in [0.15, 0.2) is 56.7 Å². The molecular weight excluding hydrogens is 398 g/mol. The van der Waals surface area contributed by atoms with Crippen molar-refractivity contribution in [3.8, 4) is 0 Å². The highest BCUT2D eigenvalue weighted by molar-refractivity contribution is 7.91. The molecule has 4 rings (SSSR count). The predicted octanol–water partition coefficient (Wildman–Crippen LogP) is 2.73. The molecule has 2 aromatic rings. The molecule has 0 aromatic heterocycles. The Morgan fingerprint density at radius 3 is 2.36 bits per heavy atom. The van der Waals surface area contributed by atoms with Crippen molar-refractivity contribution >= 4 is 31.6 Å². The molecule has 0 bridgehead atoms. The first-order valence-corrected chi connectivity index (χ1v) is 12.0. The van der Waals surface area contributed by atoms with Crippen LogP contribution in [0.5, 0.6) is 0 Å². The zero-order valence-corrected chi connectivity index (χ0v) is 17.1. The number of aryl methyl sites for hydroxylation is 1. The van der Waals surface area contributed by atoms with E-state index in [2.05, 4.69) is 9.71 Å². The quantitative estimate of drug-likeness (QED) is 0.825. The van der Waals surface area contributed by atoms with Crippen molar-refractivity contribution in [3.05, 3.63) is 53.6 Å². The second-order valence-electron chi connectivity index (χ2n) is 7.03. The predicted molar refractivity (Wildman–Crippen MR) is 108 cm³/mol. The largest absolute Gasteiger partial charge is 0.338 e. The van der Waals surface area contributed by atoms with Gasteiger partial charge in [-0.15, -0.1) is 4.40 Å². The van der Waals surface area contributed by atoms with E-state index >= 15 is 0 Å². The molecule has 2 aromatic carbocycles. The van der Waals surface area contributed by atoms with Crippen LogP contribution in [0, 0.1) is 6.92 Å². The summed E-state index contributed by atoms with van der Waals surface area (Å²) in [6.07, 6.45) is 2.63. The van der Waals surface area contributed by atoms with E-state index in [1.54, 1.807) is 12.1 Å². The zero-order valence-electron chi connectivity index (χ0n) is 15.4. The Bertz CT molecular complexity index is 1150. The summed E-state index contributed by atoms with van der Waals surface area (Å²) < 4.78 is 56.5. The normalized spacial score (nSPS) is 19.4. The van der Waals surface area contributed by atoms with E-state index < -0.39 is 20.0 Å². The number of rotatable bonds is 3. The Kier molecular flexibility index (Phi) is 4.76. The molecule has 7 nitrogen and oxygen atoms in total. The van der Waals surface area contributed by atoms with Crippen molar-refractivity contribution < 1.29 is 16.8 Å². The van der Waals surface area contributed by atoms with E-state index in [1.165, 1.54) is 22.5 Å². The highest BCUT2D eigenvalue weighted by Gasteiger charge is 2.31. The van der Waals surface area contributed by atoms with Crippen LogP contribution in [0.2, 0.25) is 0 Å². The first-order valence-electron chi connectivity index (χ1n) is 9.11. The van der Waals surface area contributed by atoms with Crippen molar-refractivity contribution in [3.63, 3.8) is 0 Å². The van der Waals surface area contributed by atoms with Gasteiger partial charge in [-0.05, 0) is 38.0 Å². The Hall–Kier alpha value is -2.23. The summed E-state index contributed by atoms with van der Waals surface area (Å²) in [5.41, 5.74) is 2.02. The first kappa shape index (κ1) is 19.1. The molecule has 0 amide bonds. The standard InChI is InChI=1S/C19H21N3O4S2/c1-14-5-7-15(8-6-14)19-20-17-10-9-16(13-18(17)27(23,24)21-19)28(25,26)22-11-3-2-4-12-22/h5-10,13H,2-4,11-12H2,1H3,(H,20,21). The van der Waals surface area contributed by atoms with Crippen LogP contribution in [-0.2, 0) is 20.0 Å². The smallest absolute Gasteiger partial charge is 0.286 e. The lowest BCUT2D eigenvalue weighted by molar-refractivity contribution is 0.346. The molecule has 0 saturated carbocycles. The Morgan fingerprint density at radius 1 is 1.00 bits per heavy atom. The van der Waals surface area contributed by atoms with Gasteiger partial charge in [0, 0.05) is 18.7 Å². The molecule has 2 aliphatic heterocycles. The molecule has 0 aliphatic carbocycles. The fourth-order valence-corrected chi connectivity index (χ4v) is 6.17. The SMILES string of the molecule is Cc1ccc(C2=NS(=O)(=O)c3cc(S(=O)(=O)N4CCCCC4)ccc3N2)cc1. The maximum atomic E-state index is 12.9. The maximum Gasteiger partial charge on any atom is 0.286 e. The molecule has 2 aliphatic rings. The van der Waals surface area contributed by atoms with Crippen LogP contribution in [0.25, 0.3) is 0 Å². The second-order valence-corrected chi connectivity index (χ2v) is 10.5. The highest BCUT2D eigenvalue weighted by atomic mass is 32.2. The number of piperidine rings is 1. The van der Waals surface area contributed by atoms with Gasteiger partial charge in [-0.1, -0.05) is 36.2 Å². The molecule has 0 radical (unpaired) electrons. The molecular formula is C19H21N3O4S2. The van der Waals surface area contributed by atoms with Crippen molar-refractivity contribution in [2.75, 3.05) is 18.4 Å². The summed E-state index contributed by atoms with van der Waals surface area (Å²) in [4.78, 5) is -0.144. The van der Waals surface area contributed by atoms with Gasteiger partial charge in [0.2, 0.25) is 10.0 Å². The van der Waals surface area contributed by atoms with Gasteiger partial charge in [-0.2, -0.15) is 12.7 Å². The molecule has 2 heterocycles. The van der Waals surface area contributed by atoms with Gasteiger partial charge in [-0.3, -0.25) is 0 Å². The van der Waals surface area contributed by atoms with Crippen LogP contribution in [0.4, 0.5) is 5.69 Å². The Balaban J connectivity index is 1.72. The fourth-order valence-electron chi connectivity index (χ4n) is 3.39. The monoisotopic (exact) mass is 419 g/mol. The molecule has 9 heteroatoms. The summed E-state index contributed by atoms with van der Waals surface area (Å²) in [6.45, 7) is 2.86. The Labute approximate surface area is 165 Å². The van der Waals surface area contributed by atoms with Crippen molar-refractivity contribution in [1.82, 2.24) is 4.31 Å². The number of sulfonamides is 2. The number of fused-ring (bicyclic) bond motifs is 1. The van der Waals surface area contributed by atoms with Crippen LogP contribution in [0.1, 0.15) is 30.4 Å². The highest BCUT2D eigenvalue weighted by Crippen LogP contribution is 2.32. The molecule has 1 fully saturated rings. The van der Waals surface area contributed by atoms with Gasteiger partial charge < -0.3 is 5.32 Å². The summed E-state index contributed by atoms with van der Waals surface area (Å²) in [5, 5.41) is 3.01. The third-order valence-electron chi connectivity index (χ3n) is 4.97. The number of hydrogen-bond donors (Lipinski definition) is 1. The van der Waals surface area contributed by atoms with Crippen LogP contribution >= 0.6 is 0 Å². The summed E-state index contributed by atoms with van der Waals surface area (Å²) in [5.74, 6) is 0.221. The van der Waals surface area contributed by atoms with Crippen molar-refractivity contribution in [2.45, 2.75) is 36.0 Å². The molecule has 1 N–H and O–H groups in total. The minimum absolute atomic E-state index is 0.0208. The lowest BCUT2D eigenvalue weighted by atomic mass is 10.1. The van der Waals surface area contributed by atoms with Gasteiger partial charge in [0.25, 0.3) is 10.0 Å². The average Bonchev–Trinajstić information content (AvgIpc) is 2.68. The third-order valence-corrected chi connectivity index (χ3v) is 8.18. The van der Waals surface area contributed by atoms with E-state index in [-0.39, 0.29) is 15.6 Å². The average molecular weight is 420 g/mol. The topological polar surface area (TPSA) is 95.9 Å². The number of nitrogens with zero attached hydrogens (tertiary/aromatic N) is 2. The van der Waals surface area contributed by atoms with Gasteiger partial charge >= 0.3 is 0 Å². The van der Waals surface area contributed by atoms with Crippen molar-refractivity contribution in [1.29, 1.82) is 0 Å². The Morgan fingerprint density at radius 2 is 1.68 bits per heavy atom. The number of anilines is 1. The van der Waals surface area contributed by atoms with Crippen LogP contribution in [-0.4, -0.2) is 40.1 Å². The van der Waals surface area contributed by atoms with E-state index in [1.807, 2.05) is 19.1 Å². The van der Waals surface area contributed by atoms with Gasteiger partial charge in [0.1, 0.15) is 4.90 Å². The molecule has 0 atom stereocenters. The van der Waals surface area contributed by atoms with E-state index in [4.69, 9.17) is 0 Å². The van der Waals surface area contributed by atoms with E-state index in [0.717, 1.165) is 24.8 Å². The van der Waals surface area contributed by atoms with Gasteiger partial charge in [0.15, 0.2) is 5.84 Å². The zero-order chi connectivity index (χ0) is 19.9. The summed E-state index contributed by atoms with van der Waals surface area (Å²) >= 11 is 0. The summed E-state index contributed by atoms with van der Waals surface area (Å²) in [7, 11) is -7.74. The molecule has 0 unspecified atom stereocenters. The minimum atomic E-state index is -4.02. The molecule has 28 heavy (non-hydrogen) atoms. The third kappa shape index (κ3) is 3.45. The van der Waals surface area contributed by atoms with Crippen molar-refractivity contribution in [2.24, 2.45) is 4.40 Å². The first-order chi connectivity index (χ1) is 13.3. The van der Waals surface area contributed by atoms with Crippen LogP contribution in [0.3, 0.4) is 0 Å². The minimum Gasteiger partial charge on any atom is -0.338 e. The van der Waals surface area contributed by atoms with E-state index in [9.17, 15) is 16.8 Å². The van der Waals surface area contributed by atoms with Gasteiger partial charge in [0.05, 0.1) is 10.6 Å². The lowest BCUT2D eigenvalue weighted by Gasteiger charge is -2.26. The maximum absolute atomic E-state index is 12.9. The second kappa shape index (κ2) is 6.98.